The quantitative estimate of drug-likeness (QED) is 0.279. The number of benzene rings is 2. The predicted molar refractivity (Wildman–Crippen MR) is 126 cm³/mol. The summed E-state index contributed by atoms with van der Waals surface area (Å²) in [5.74, 6) is -1.90. The number of amides is 1. The first-order valence-corrected chi connectivity index (χ1v) is 12.1. The maximum absolute atomic E-state index is 14.6. The first-order chi connectivity index (χ1) is 16.1. The third-order valence-corrected chi connectivity index (χ3v) is 6.37. The number of hydrogen-bond donors (Lipinski definition) is 4. The molecule has 2 rings (SSSR count). The van der Waals surface area contributed by atoms with Gasteiger partial charge >= 0.3 is 0 Å². The van der Waals surface area contributed by atoms with Gasteiger partial charge in [-0.25, -0.2) is 12.8 Å². The molecule has 4 N–H and O–H groups in total. The number of carbonyl (C=O) groups is 1. The van der Waals surface area contributed by atoms with Gasteiger partial charge in [-0.15, -0.1) is 0 Å². The zero-order valence-corrected chi connectivity index (χ0v) is 19.9. The summed E-state index contributed by atoms with van der Waals surface area (Å²) in [7, 11) is -1.95. The molecule has 2 aromatic rings. The fraction of sp³-hybridized carbons (Fsp3) is 0.304. The van der Waals surface area contributed by atoms with Crippen LogP contribution in [0.3, 0.4) is 0 Å². The van der Waals surface area contributed by atoms with Gasteiger partial charge in [-0.05, 0) is 49.0 Å². The van der Waals surface area contributed by atoms with E-state index in [2.05, 4.69) is 10.6 Å². The third kappa shape index (κ3) is 7.29. The molecule has 0 aliphatic rings. The minimum Gasteiger partial charge on any atom is -0.488 e. The van der Waals surface area contributed by atoms with E-state index in [1.807, 2.05) is 6.92 Å². The highest BCUT2D eigenvalue weighted by Crippen LogP contribution is 2.31. The van der Waals surface area contributed by atoms with Gasteiger partial charge in [0.25, 0.3) is 5.91 Å². The molecule has 2 aromatic carbocycles. The van der Waals surface area contributed by atoms with Crippen LogP contribution in [-0.4, -0.2) is 50.8 Å². The van der Waals surface area contributed by atoms with Gasteiger partial charge in [0, 0.05) is 18.7 Å². The van der Waals surface area contributed by atoms with Crippen LogP contribution in [0.25, 0.3) is 0 Å². The number of carbonyl (C=O) groups excluding carboxylic acids is 1. The minimum absolute atomic E-state index is 0.0396. The Labute approximate surface area is 198 Å². The van der Waals surface area contributed by atoms with E-state index in [-0.39, 0.29) is 45.9 Å². The summed E-state index contributed by atoms with van der Waals surface area (Å²) in [6.45, 7) is 3.01. The fourth-order valence-corrected chi connectivity index (χ4v) is 3.62. The Morgan fingerprint density at radius 1 is 1.21 bits per heavy atom. The molecule has 11 heteroatoms. The smallest absolute Gasteiger partial charge is 0.257 e. The summed E-state index contributed by atoms with van der Waals surface area (Å²) in [6, 6.07) is 7.44. The van der Waals surface area contributed by atoms with Gasteiger partial charge in [-0.1, -0.05) is 13.8 Å². The highest BCUT2D eigenvalue weighted by molar-refractivity contribution is 7.91. The molecule has 0 aliphatic carbocycles. The van der Waals surface area contributed by atoms with Crippen LogP contribution in [0.1, 0.15) is 30.6 Å². The molecule has 0 saturated carbocycles. The molecule has 1 amide bonds. The zero-order valence-electron chi connectivity index (χ0n) is 19.1. The average Bonchev–Trinajstić information content (AvgIpc) is 2.82. The predicted octanol–water partition coefficient (Wildman–Crippen LogP) is 3.00. The number of ether oxygens (including phenoxy) is 2. The standard InChI is InChI=1S/C23H28FN3O6S/c1-4-16(14-28)32-17-10-15(23(29)27-22(25)8-9-26-3)11-18(12-17)33-21-7-6-19(13-20(21)24)34(30,31)5-2/h6-13,16,26,28H,4-5,14H2,1-3H3,(H2,25,27,29)/b9-8-. The zero-order chi connectivity index (χ0) is 25.3. The number of halogens is 1. The minimum atomic E-state index is -3.59. The van der Waals surface area contributed by atoms with E-state index >= 15 is 0 Å². The Morgan fingerprint density at radius 3 is 2.50 bits per heavy atom. The summed E-state index contributed by atoms with van der Waals surface area (Å²) in [5.41, 5.74) is 0.0634. The van der Waals surface area contributed by atoms with Crippen LogP contribution in [0.4, 0.5) is 4.39 Å². The average molecular weight is 494 g/mol. The number of amidine groups is 1. The Kier molecular flexibility index (Phi) is 9.58. The van der Waals surface area contributed by atoms with Gasteiger partial charge in [0.15, 0.2) is 21.4 Å². The lowest BCUT2D eigenvalue weighted by Gasteiger charge is -2.17. The molecule has 0 spiro atoms. The molecule has 0 aromatic heterocycles. The van der Waals surface area contributed by atoms with Crippen molar-refractivity contribution in [3.05, 3.63) is 60.1 Å². The van der Waals surface area contributed by atoms with Crippen molar-refractivity contribution in [3.8, 4) is 17.2 Å². The first-order valence-electron chi connectivity index (χ1n) is 10.5. The van der Waals surface area contributed by atoms with E-state index in [1.165, 1.54) is 49.5 Å². The topological polar surface area (TPSA) is 138 Å². The largest absolute Gasteiger partial charge is 0.488 e. The normalized spacial score (nSPS) is 12.3. The molecule has 9 nitrogen and oxygen atoms in total. The van der Waals surface area contributed by atoms with Gasteiger partial charge in [0.1, 0.15) is 23.4 Å². The molecule has 34 heavy (non-hydrogen) atoms. The number of hydrogen-bond acceptors (Lipinski definition) is 8. The summed E-state index contributed by atoms with van der Waals surface area (Å²) in [5, 5.41) is 22.3. The van der Waals surface area contributed by atoms with Crippen molar-refractivity contribution in [2.24, 2.45) is 0 Å². The highest BCUT2D eigenvalue weighted by atomic mass is 32.2. The second-order valence-electron chi connectivity index (χ2n) is 7.11. The van der Waals surface area contributed by atoms with E-state index in [1.54, 1.807) is 7.05 Å². The molecule has 0 radical (unpaired) electrons. The molecular weight excluding hydrogens is 465 g/mol. The molecule has 1 unspecified atom stereocenters. The van der Waals surface area contributed by atoms with Crippen LogP contribution in [0.5, 0.6) is 17.2 Å². The maximum Gasteiger partial charge on any atom is 0.257 e. The number of aliphatic hydroxyl groups is 1. The van der Waals surface area contributed by atoms with Crippen molar-refractivity contribution in [2.75, 3.05) is 19.4 Å². The number of nitrogens with one attached hydrogen (secondary N) is 3. The van der Waals surface area contributed by atoms with E-state index in [0.29, 0.717) is 6.42 Å². The fourth-order valence-electron chi connectivity index (χ4n) is 2.73. The second kappa shape index (κ2) is 12.1. The van der Waals surface area contributed by atoms with Gasteiger partial charge < -0.3 is 25.2 Å². The SMILES string of the molecule is CCC(CO)Oc1cc(Oc2ccc(S(=O)(=O)CC)cc2F)cc(C(=O)NC(=N)/C=C\NC)c1. The van der Waals surface area contributed by atoms with Crippen LogP contribution in [0, 0.1) is 11.2 Å². The number of sulfone groups is 1. The molecule has 0 aliphatic heterocycles. The Bertz CT molecular complexity index is 1160. The summed E-state index contributed by atoms with van der Waals surface area (Å²) in [6.07, 6.45) is 2.76. The van der Waals surface area contributed by atoms with Crippen molar-refractivity contribution in [1.29, 1.82) is 5.41 Å². The van der Waals surface area contributed by atoms with Crippen LogP contribution in [0.2, 0.25) is 0 Å². The molecule has 184 valence electrons. The lowest BCUT2D eigenvalue weighted by molar-refractivity contribution is 0.0973. The summed E-state index contributed by atoms with van der Waals surface area (Å²) < 4.78 is 49.9. The Balaban J connectivity index is 2.40. The van der Waals surface area contributed by atoms with Crippen molar-refractivity contribution in [2.45, 2.75) is 31.3 Å². The van der Waals surface area contributed by atoms with Crippen molar-refractivity contribution >= 4 is 21.6 Å². The van der Waals surface area contributed by atoms with Crippen molar-refractivity contribution in [3.63, 3.8) is 0 Å². The number of aliphatic hydroxyl groups excluding tert-OH is 1. The molecule has 0 fully saturated rings. The molecular formula is C23H28FN3O6S. The van der Waals surface area contributed by atoms with Crippen LogP contribution >= 0.6 is 0 Å². The van der Waals surface area contributed by atoms with Crippen LogP contribution < -0.4 is 20.1 Å². The van der Waals surface area contributed by atoms with E-state index < -0.39 is 27.7 Å². The van der Waals surface area contributed by atoms with Gasteiger partial charge in [-0.2, -0.15) is 0 Å². The lowest BCUT2D eigenvalue weighted by Crippen LogP contribution is -2.28. The van der Waals surface area contributed by atoms with E-state index in [4.69, 9.17) is 14.9 Å². The van der Waals surface area contributed by atoms with Crippen molar-refractivity contribution < 1.29 is 32.2 Å². The Hall–Kier alpha value is -3.44. The molecule has 0 bridgehead atoms. The van der Waals surface area contributed by atoms with Crippen LogP contribution in [-0.2, 0) is 9.84 Å². The molecule has 0 saturated heterocycles. The molecule has 1 atom stereocenters. The van der Waals surface area contributed by atoms with E-state index in [0.717, 1.165) is 6.07 Å². The van der Waals surface area contributed by atoms with Crippen molar-refractivity contribution in [1.82, 2.24) is 10.6 Å². The van der Waals surface area contributed by atoms with Gasteiger partial charge in [-0.3, -0.25) is 10.2 Å². The third-order valence-electron chi connectivity index (χ3n) is 4.64. The highest BCUT2D eigenvalue weighted by Gasteiger charge is 2.18. The van der Waals surface area contributed by atoms with Crippen LogP contribution in [0.15, 0.2) is 53.6 Å². The van der Waals surface area contributed by atoms with E-state index in [9.17, 15) is 22.7 Å². The maximum atomic E-state index is 14.6. The lowest BCUT2D eigenvalue weighted by atomic mass is 10.1. The first kappa shape index (κ1) is 26.8. The number of rotatable bonds is 11. The van der Waals surface area contributed by atoms with Gasteiger partial charge in [0.05, 0.1) is 17.3 Å². The van der Waals surface area contributed by atoms with Gasteiger partial charge in [0.2, 0.25) is 0 Å². The second-order valence-corrected chi connectivity index (χ2v) is 9.39. The summed E-state index contributed by atoms with van der Waals surface area (Å²) >= 11 is 0. The molecule has 0 heterocycles. The Morgan fingerprint density at radius 2 is 1.91 bits per heavy atom. The monoisotopic (exact) mass is 493 g/mol. The summed E-state index contributed by atoms with van der Waals surface area (Å²) in [4.78, 5) is 12.5.